The van der Waals surface area contributed by atoms with Gasteiger partial charge in [-0.3, -0.25) is 5.10 Å². The van der Waals surface area contributed by atoms with Crippen molar-refractivity contribution in [1.29, 1.82) is 0 Å². The lowest BCUT2D eigenvalue weighted by Crippen LogP contribution is -2.45. The molecule has 180 valence electrons. The average Bonchev–Trinajstić information content (AvgIpc) is 3.65. The molecule has 9 nitrogen and oxygen atoms in total. The van der Waals surface area contributed by atoms with Crippen LogP contribution in [0.2, 0.25) is 0 Å². The summed E-state index contributed by atoms with van der Waals surface area (Å²) in [6, 6.07) is 11.9. The van der Waals surface area contributed by atoms with E-state index in [2.05, 4.69) is 20.1 Å². The number of hydrogen-bond donors (Lipinski definition) is 1. The molecular formula is C26H27N5O4. The number of carbonyl (C=O) groups is 1. The van der Waals surface area contributed by atoms with Crippen LogP contribution in [0.4, 0.5) is 4.79 Å². The number of likely N-dealkylation sites (tertiary alicyclic amines) is 1. The summed E-state index contributed by atoms with van der Waals surface area (Å²) in [5, 5.41) is 8.00. The molecule has 35 heavy (non-hydrogen) atoms. The Bertz CT molecular complexity index is 1290. The summed E-state index contributed by atoms with van der Waals surface area (Å²) in [4.78, 5) is 20.6. The van der Waals surface area contributed by atoms with Crippen molar-refractivity contribution in [3.05, 3.63) is 60.6 Å². The van der Waals surface area contributed by atoms with Gasteiger partial charge in [-0.25, -0.2) is 9.78 Å². The first kappa shape index (κ1) is 21.7. The summed E-state index contributed by atoms with van der Waals surface area (Å²) in [6.07, 6.45) is 8.07. The third kappa shape index (κ3) is 4.59. The monoisotopic (exact) mass is 473 g/mol. The van der Waals surface area contributed by atoms with E-state index in [9.17, 15) is 4.79 Å². The minimum Gasteiger partial charge on any atom is -0.464 e. The molecule has 2 aliphatic rings. The maximum Gasteiger partial charge on any atom is 0.410 e. The van der Waals surface area contributed by atoms with Crippen molar-refractivity contribution < 1.29 is 18.7 Å². The van der Waals surface area contributed by atoms with E-state index < -0.39 is 0 Å². The number of furan rings is 1. The number of cyclic esters (lactones) is 1. The minimum absolute atomic E-state index is 0.154. The lowest BCUT2D eigenvalue weighted by atomic mass is 10.0. The molecule has 0 bridgehead atoms. The normalized spacial score (nSPS) is 17.3. The average molecular weight is 474 g/mol. The van der Waals surface area contributed by atoms with Crippen LogP contribution in [0.1, 0.15) is 18.4 Å². The van der Waals surface area contributed by atoms with Gasteiger partial charge in [-0.1, -0.05) is 0 Å². The summed E-state index contributed by atoms with van der Waals surface area (Å²) in [5.74, 6) is 1.20. The van der Waals surface area contributed by atoms with Crippen molar-refractivity contribution in [2.24, 2.45) is 0 Å². The Hall–Kier alpha value is -3.85. The van der Waals surface area contributed by atoms with Crippen molar-refractivity contribution in [2.75, 3.05) is 32.8 Å². The zero-order valence-electron chi connectivity index (χ0n) is 19.4. The van der Waals surface area contributed by atoms with Crippen molar-refractivity contribution in [3.63, 3.8) is 0 Å². The molecule has 6 rings (SSSR count). The molecule has 1 N–H and O–H groups in total. The van der Waals surface area contributed by atoms with E-state index in [4.69, 9.17) is 13.9 Å². The first-order valence-corrected chi connectivity index (χ1v) is 12.0. The topological polar surface area (TPSA) is 96.7 Å². The van der Waals surface area contributed by atoms with Gasteiger partial charge in [0.15, 0.2) is 0 Å². The molecule has 0 aliphatic carbocycles. The van der Waals surface area contributed by atoms with E-state index >= 15 is 0 Å². The number of amides is 1. The number of H-pyrrole nitrogens is 1. The van der Waals surface area contributed by atoms with E-state index in [-0.39, 0.29) is 6.09 Å². The van der Waals surface area contributed by atoms with Crippen molar-refractivity contribution in [1.82, 2.24) is 25.0 Å². The number of aromatic amines is 1. The van der Waals surface area contributed by atoms with Gasteiger partial charge in [-0.05, 0) is 49.1 Å². The van der Waals surface area contributed by atoms with E-state index in [0.29, 0.717) is 24.3 Å². The minimum atomic E-state index is -0.154. The van der Waals surface area contributed by atoms with Crippen LogP contribution >= 0.6 is 0 Å². The number of carbonyl (C=O) groups excluding carboxylic acids is 1. The van der Waals surface area contributed by atoms with Crippen LogP contribution in [0, 0.1) is 0 Å². The quantitative estimate of drug-likeness (QED) is 0.423. The molecule has 0 spiro atoms. The van der Waals surface area contributed by atoms with Crippen LogP contribution in [0.15, 0.2) is 59.5 Å². The predicted molar refractivity (Wildman–Crippen MR) is 129 cm³/mol. The summed E-state index contributed by atoms with van der Waals surface area (Å²) in [6.45, 7) is 4.20. The zero-order chi connectivity index (χ0) is 23.6. The van der Waals surface area contributed by atoms with E-state index in [1.54, 1.807) is 12.4 Å². The summed E-state index contributed by atoms with van der Waals surface area (Å²) >= 11 is 0. The number of piperidine rings is 1. The van der Waals surface area contributed by atoms with Crippen LogP contribution in [-0.4, -0.2) is 69.9 Å². The molecule has 0 atom stereocenters. The summed E-state index contributed by atoms with van der Waals surface area (Å²) in [5.41, 5.74) is 3.86. The molecule has 2 saturated heterocycles. The van der Waals surface area contributed by atoms with Gasteiger partial charge in [0.25, 0.3) is 0 Å². The second-order valence-corrected chi connectivity index (χ2v) is 9.01. The van der Waals surface area contributed by atoms with Gasteiger partial charge in [-0.2, -0.15) is 5.10 Å². The Morgan fingerprint density at radius 1 is 1.11 bits per heavy atom. The maximum absolute atomic E-state index is 11.8. The third-order valence-corrected chi connectivity index (χ3v) is 6.89. The maximum atomic E-state index is 11.8. The summed E-state index contributed by atoms with van der Waals surface area (Å²) < 4.78 is 16.9. The van der Waals surface area contributed by atoms with Gasteiger partial charge >= 0.3 is 6.09 Å². The van der Waals surface area contributed by atoms with Crippen LogP contribution in [0.25, 0.3) is 22.2 Å². The number of nitrogens with one attached hydrogen (secondary N) is 1. The molecule has 1 aromatic carbocycles. The highest BCUT2D eigenvalue weighted by Crippen LogP contribution is 2.29. The number of nitrogens with zero attached hydrogens (tertiary/aromatic N) is 4. The fraction of sp³-hybridized carbons (Fsp3) is 0.346. The Labute approximate surface area is 202 Å². The number of benzene rings is 1. The smallest absolute Gasteiger partial charge is 0.410 e. The van der Waals surface area contributed by atoms with Gasteiger partial charge in [0, 0.05) is 61.2 Å². The number of aromatic nitrogens is 3. The SMILES string of the molecule is O=C1OCCN1C1CCN(CCc2coc3cc(Oc4ccc(-c5ccn[nH]5)cn4)ccc23)CC1. The van der Waals surface area contributed by atoms with Crippen LogP contribution < -0.4 is 4.74 Å². The number of hydrogen-bond acceptors (Lipinski definition) is 7. The van der Waals surface area contributed by atoms with Gasteiger partial charge in [0.2, 0.25) is 5.88 Å². The van der Waals surface area contributed by atoms with Gasteiger partial charge in [-0.15, -0.1) is 0 Å². The molecule has 0 saturated carbocycles. The first-order valence-electron chi connectivity index (χ1n) is 12.0. The standard InChI is InChI=1S/C26H27N5O4/c32-26-31(13-14-33-26)20-7-11-30(12-8-20)10-6-19-17-34-24-15-21(2-3-22(19)24)35-25-4-1-18(16-27-25)23-5-9-28-29-23/h1-5,9,15-17,20H,6-8,10-14H2,(H,28,29). The highest BCUT2D eigenvalue weighted by atomic mass is 16.6. The number of ether oxygens (including phenoxy) is 2. The molecule has 1 amide bonds. The van der Waals surface area contributed by atoms with Gasteiger partial charge in [0.1, 0.15) is 17.9 Å². The molecule has 0 radical (unpaired) electrons. The molecular weight excluding hydrogens is 446 g/mol. The number of rotatable bonds is 7. The lowest BCUT2D eigenvalue weighted by molar-refractivity contribution is 0.118. The molecule has 4 aromatic rings. The fourth-order valence-electron chi connectivity index (χ4n) is 4.93. The first-order chi connectivity index (χ1) is 17.2. The highest BCUT2D eigenvalue weighted by Gasteiger charge is 2.32. The van der Waals surface area contributed by atoms with Crippen LogP contribution in [0.3, 0.4) is 0 Å². The Balaban J connectivity index is 1.04. The molecule has 2 fully saturated rings. The molecule has 0 unspecified atom stereocenters. The Kier molecular flexibility index (Phi) is 5.83. The zero-order valence-corrected chi connectivity index (χ0v) is 19.4. The van der Waals surface area contributed by atoms with Crippen molar-refractivity contribution >= 4 is 17.1 Å². The Morgan fingerprint density at radius 3 is 2.77 bits per heavy atom. The molecule has 2 aliphatic heterocycles. The largest absolute Gasteiger partial charge is 0.464 e. The molecule has 9 heteroatoms. The second kappa shape index (κ2) is 9.42. The van der Waals surface area contributed by atoms with Crippen molar-refractivity contribution in [2.45, 2.75) is 25.3 Å². The van der Waals surface area contributed by atoms with Gasteiger partial charge < -0.3 is 23.7 Å². The fourth-order valence-corrected chi connectivity index (χ4v) is 4.93. The predicted octanol–water partition coefficient (Wildman–Crippen LogP) is 4.47. The van der Waals surface area contributed by atoms with Crippen molar-refractivity contribution in [3.8, 4) is 22.9 Å². The highest BCUT2D eigenvalue weighted by molar-refractivity contribution is 5.82. The molecule has 5 heterocycles. The van der Waals surface area contributed by atoms with Crippen LogP contribution in [0.5, 0.6) is 11.6 Å². The van der Waals surface area contributed by atoms with E-state index in [0.717, 1.165) is 67.7 Å². The number of pyridine rings is 1. The summed E-state index contributed by atoms with van der Waals surface area (Å²) in [7, 11) is 0. The second-order valence-electron chi connectivity index (χ2n) is 9.01. The Morgan fingerprint density at radius 2 is 2.03 bits per heavy atom. The molecule has 3 aromatic heterocycles. The lowest BCUT2D eigenvalue weighted by Gasteiger charge is -2.35. The van der Waals surface area contributed by atoms with Gasteiger partial charge in [0.05, 0.1) is 18.5 Å². The number of fused-ring (bicyclic) bond motifs is 1. The third-order valence-electron chi connectivity index (χ3n) is 6.89. The van der Waals surface area contributed by atoms with Crippen LogP contribution in [-0.2, 0) is 11.2 Å². The van der Waals surface area contributed by atoms with E-state index in [1.807, 2.05) is 47.6 Å². The van der Waals surface area contributed by atoms with E-state index in [1.165, 1.54) is 5.56 Å².